The first kappa shape index (κ1) is 9.71. The summed E-state index contributed by atoms with van der Waals surface area (Å²) in [5.41, 5.74) is 1.07. The highest BCUT2D eigenvalue weighted by Crippen LogP contribution is 2.32. The highest BCUT2D eigenvalue weighted by atomic mass is 35.5. The number of hydrogen-bond donors (Lipinski definition) is 1. The van der Waals surface area contributed by atoms with Crippen LogP contribution in [0, 0.1) is 6.92 Å². The lowest BCUT2D eigenvalue weighted by Crippen LogP contribution is -2.00. The van der Waals surface area contributed by atoms with Gasteiger partial charge in [0.2, 0.25) is 5.88 Å². The van der Waals surface area contributed by atoms with Crippen molar-refractivity contribution in [3.63, 3.8) is 0 Å². The average molecular weight is 216 g/mol. The van der Waals surface area contributed by atoms with Crippen molar-refractivity contribution in [3.05, 3.63) is 22.3 Å². The zero-order valence-electron chi connectivity index (χ0n) is 7.66. The molecule has 0 atom stereocenters. The summed E-state index contributed by atoms with van der Waals surface area (Å²) in [6, 6.07) is 1.62. The van der Waals surface area contributed by atoms with Crippen molar-refractivity contribution in [1.82, 2.24) is 4.98 Å². The minimum atomic E-state index is -0.541. The summed E-state index contributed by atoms with van der Waals surface area (Å²) < 4.78 is 10.5. The van der Waals surface area contributed by atoms with Gasteiger partial charge >= 0.3 is 0 Å². The van der Waals surface area contributed by atoms with Crippen LogP contribution < -0.4 is 0 Å². The Hall–Kier alpha value is -0.840. The summed E-state index contributed by atoms with van der Waals surface area (Å²) in [4.78, 5) is 3.88. The first-order valence-electron chi connectivity index (χ1n) is 4.27. The highest BCUT2D eigenvalue weighted by molar-refractivity contribution is 6.31. The molecule has 1 N–H and O–H groups in total. The van der Waals surface area contributed by atoms with Crippen molar-refractivity contribution < 1.29 is 14.6 Å². The standard InChI is InChI=1S/C9H10ClNO3/c1-5-7(10)4-6(8(12)11-5)9-13-2-3-14-9/h4,9H,2-3H2,1H3,(H,11,12). The summed E-state index contributed by atoms with van der Waals surface area (Å²) in [5, 5.41) is 10.0. The molecule has 1 aliphatic heterocycles. The molecule has 4 nitrogen and oxygen atoms in total. The van der Waals surface area contributed by atoms with Crippen LogP contribution in [0.4, 0.5) is 0 Å². The Balaban J connectivity index is 2.37. The van der Waals surface area contributed by atoms with Crippen molar-refractivity contribution in [2.75, 3.05) is 13.2 Å². The first-order valence-corrected chi connectivity index (χ1v) is 4.65. The summed E-state index contributed by atoms with van der Waals surface area (Å²) >= 11 is 5.88. The molecular formula is C9H10ClNO3. The predicted octanol–water partition coefficient (Wildman–Crippen LogP) is 1.79. The Labute approximate surface area is 86.4 Å². The van der Waals surface area contributed by atoms with E-state index in [4.69, 9.17) is 21.1 Å². The van der Waals surface area contributed by atoms with E-state index < -0.39 is 6.29 Å². The van der Waals surface area contributed by atoms with Gasteiger partial charge in [0, 0.05) is 0 Å². The minimum Gasteiger partial charge on any atom is -0.493 e. The zero-order chi connectivity index (χ0) is 10.1. The van der Waals surface area contributed by atoms with Gasteiger partial charge in [0.15, 0.2) is 6.29 Å². The van der Waals surface area contributed by atoms with Crippen LogP contribution in [0.25, 0.3) is 0 Å². The van der Waals surface area contributed by atoms with Crippen LogP contribution in [0.1, 0.15) is 17.5 Å². The molecular weight excluding hydrogens is 206 g/mol. The number of rotatable bonds is 1. The number of aryl methyl sites for hydroxylation is 1. The third-order valence-corrected chi connectivity index (χ3v) is 2.42. The fraction of sp³-hybridized carbons (Fsp3) is 0.444. The molecule has 5 heteroatoms. The minimum absolute atomic E-state index is 0.0844. The van der Waals surface area contributed by atoms with Crippen molar-refractivity contribution in [3.8, 4) is 5.88 Å². The SMILES string of the molecule is Cc1nc(O)c(C2OCCO2)cc1Cl. The van der Waals surface area contributed by atoms with Gasteiger partial charge in [0.05, 0.1) is 29.5 Å². The molecule has 0 saturated carbocycles. The molecule has 0 spiro atoms. The predicted molar refractivity (Wildman–Crippen MR) is 50.3 cm³/mol. The second kappa shape index (κ2) is 3.73. The van der Waals surface area contributed by atoms with E-state index in [1.54, 1.807) is 13.0 Å². The number of aromatic hydroxyl groups is 1. The lowest BCUT2D eigenvalue weighted by molar-refractivity contribution is -0.0458. The maximum atomic E-state index is 9.55. The maximum absolute atomic E-state index is 9.55. The summed E-state index contributed by atoms with van der Waals surface area (Å²) in [6.07, 6.45) is -0.541. The van der Waals surface area contributed by atoms with Crippen molar-refractivity contribution >= 4 is 11.6 Å². The maximum Gasteiger partial charge on any atom is 0.219 e. The summed E-state index contributed by atoms with van der Waals surface area (Å²) in [6.45, 7) is 2.77. The quantitative estimate of drug-likeness (QED) is 0.776. The molecule has 2 heterocycles. The molecule has 1 aromatic heterocycles. The van der Waals surface area contributed by atoms with Crippen molar-refractivity contribution in [1.29, 1.82) is 0 Å². The highest BCUT2D eigenvalue weighted by Gasteiger charge is 2.23. The normalized spacial score (nSPS) is 17.6. The smallest absolute Gasteiger partial charge is 0.219 e. The number of ether oxygens (including phenoxy) is 2. The monoisotopic (exact) mass is 215 g/mol. The second-order valence-electron chi connectivity index (χ2n) is 3.04. The Morgan fingerprint density at radius 1 is 1.50 bits per heavy atom. The fourth-order valence-electron chi connectivity index (χ4n) is 1.29. The number of nitrogens with zero attached hydrogens (tertiary/aromatic N) is 1. The number of pyridine rings is 1. The van der Waals surface area contributed by atoms with E-state index >= 15 is 0 Å². The average Bonchev–Trinajstić information content (AvgIpc) is 2.64. The third kappa shape index (κ3) is 1.68. The van der Waals surface area contributed by atoms with Crippen LogP contribution in [0.15, 0.2) is 6.07 Å². The molecule has 0 amide bonds. The molecule has 0 bridgehead atoms. The van der Waals surface area contributed by atoms with Gasteiger partial charge in [-0.2, -0.15) is 0 Å². The molecule has 0 aromatic carbocycles. The Morgan fingerprint density at radius 2 is 2.14 bits per heavy atom. The number of halogens is 1. The van der Waals surface area contributed by atoms with Crippen LogP contribution in [-0.2, 0) is 9.47 Å². The largest absolute Gasteiger partial charge is 0.493 e. The van der Waals surface area contributed by atoms with Gasteiger partial charge in [0.1, 0.15) is 0 Å². The zero-order valence-corrected chi connectivity index (χ0v) is 8.41. The lowest BCUT2D eigenvalue weighted by Gasteiger charge is -2.11. The Bertz CT molecular complexity index is 350. The van der Waals surface area contributed by atoms with E-state index in [0.29, 0.717) is 29.5 Å². The van der Waals surface area contributed by atoms with Crippen molar-refractivity contribution in [2.45, 2.75) is 13.2 Å². The van der Waals surface area contributed by atoms with Crippen LogP contribution in [0.3, 0.4) is 0 Å². The van der Waals surface area contributed by atoms with Gasteiger partial charge in [0.25, 0.3) is 0 Å². The number of hydrogen-bond acceptors (Lipinski definition) is 4. The van der Waals surface area contributed by atoms with E-state index in [1.807, 2.05) is 0 Å². The fourth-order valence-corrected chi connectivity index (χ4v) is 1.45. The van der Waals surface area contributed by atoms with Crippen LogP contribution in [0.2, 0.25) is 5.02 Å². The second-order valence-corrected chi connectivity index (χ2v) is 3.45. The summed E-state index contributed by atoms with van der Waals surface area (Å²) in [7, 11) is 0. The van der Waals surface area contributed by atoms with Crippen LogP contribution >= 0.6 is 11.6 Å². The number of aromatic nitrogens is 1. The van der Waals surface area contributed by atoms with Gasteiger partial charge in [-0.25, -0.2) is 4.98 Å². The van der Waals surface area contributed by atoms with E-state index in [1.165, 1.54) is 0 Å². The van der Waals surface area contributed by atoms with Gasteiger partial charge in [-0.3, -0.25) is 0 Å². The Kier molecular flexibility index (Phi) is 2.58. The lowest BCUT2D eigenvalue weighted by atomic mass is 10.2. The van der Waals surface area contributed by atoms with E-state index in [2.05, 4.69) is 4.98 Å². The molecule has 0 radical (unpaired) electrons. The van der Waals surface area contributed by atoms with Gasteiger partial charge in [-0.1, -0.05) is 11.6 Å². The molecule has 0 unspecified atom stereocenters. The van der Waals surface area contributed by atoms with E-state index in [0.717, 1.165) is 0 Å². The molecule has 1 aliphatic rings. The van der Waals surface area contributed by atoms with Crippen LogP contribution in [-0.4, -0.2) is 23.3 Å². The topological polar surface area (TPSA) is 51.6 Å². The molecule has 14 heavy (non-hydrogen) atoms. The van der Waals surface area contributed by atoms with E-state index in [-0.39, 0.29) is 5.88 Å². The van der Waals surface area contributed by atoms with Gasteiger partial charge in [-0.05, 0) is 13.0 Å². The molecule has 76 valence electrons. The molecule has 1 fully saturated rings. The summed E-state index contributed by atoms with van der Waals surface area (Å²) in [5.74, 6) is -0.0844. The van der Waals surface area contributed by atoms with E-state index in [9.17, 15) is 5.11 Å². The van der Waals surface area contributed by atoms with Crippen molar-refractivity contribution in [2.24, 2.45) is 0 Å². The molecule has 1 saturated heterocycles. The third-order valence-electron chi connectivity index (χ3n) is 2.04. The Morgan fingerprint density at radius 3 is 2.79 bits per heavy atom. The molecule has 2 rings (SSSR count). The first-order chi connectivity index (χ1) is 6.68. The van der Waals surface area contributed by atoms with Gasteiger partial charge < -0.3 is 14.6 Å². The van der Waals surface area contributed by atoms with Gasteiger partial charge in [-0.15, -0.1) is 0 Å². The van der Waals surface area contributed by atoms with Crippen LogP contribution in [0.5, 0.6) is 5.88 Å². The molecule has 1 aromatic rings. The molecule has 0 aliphatic carbocycles.